The second kappa shape index (κ2) is 43.3. The van der Waals surface area contributed by atoms with Crippen LogP contribution < -0.4 is 11.1 Å². The molecule has 4 unspecified atom stereocenters. The molecule has 0 fully saturated rings. The highest BCUT2D eigenvalue weighted by Crippen LogP contribution is 2.43. The molecule has 9 nitrogen and oxygen atoms in total. The Labute approximate surface area is 352 Å². The molecule has 0 saturated carbocycles. The van der Waals surface area contributed by atoms with Crippen LogP contribution in [0.5, 0.6) is 0 Å². The molecule has 0 heterocycles. The Kier molecular flexibility index (Phi) is 42.7. The molecule has 0 spiro atoms. The highest BCUT2D eigenvalue weighted by molar-refractivity contribution is 7.47. The van der Waals surface area contributed by atoms with Crippen LogP contribution in [0.4, 0.5) is 0 Å². The van der Waals surface area contributed by atoms with Gasteiger partial charge in [0.2, 0.25) is 5.91 Å². The predicted octanol–water partition coefficient (Wildman–Crippen LogP) is 12.9. The third-order valence-corrected chi connectivity index (χ3v) is 12.2. The third kappa shape index (κ3) is 41.7. The first-order valence-corrected chi connectivity index (χ1v) is 25.9. The molecule has 0 aliphatic heterocycles. The Bertz CT molecular complexity index is 924. The van der Waals surface area contributed by atoms with Gasteiger partial charge in [0.25, 0.3) is 0 Å². The van der Waals surface area contributed by atoms with Gasteiger partial charge in [0.15, 0.2) is 0 Å². The highest BCUT2D eigenvalue weighted by Gasteiger charge is 2.28. The Balaban J connectivity index is 4.17. The number of amides is 1. The van der Waals surface area contributed by atoms with Crippen molar-refractivity contribution in [1.29, 1.82) is 0 Å². The van der Waals surface area contributed by atoms with Gasteiger partial charge < -0.3 is 26.2 Å². The van der Waals surface area contributed by atoms with Crippen LogP contribution in [-0.4, -0.2) is 59.0 Å². The van der Waals surface area contributed by atoms with Crippen molar-refractivity contribution in [2.45, 2.75) is 263 Å². The maximum atomic E-state index is 12.9. The van der Waals surface area contributed by atoms with E-state index in [9.17, 15) is 24.5 Å². The molecule has 0 aliphatic carbocycles. The lowest BCUT2D eigenvalue weighted by Gasteiger charge is -2.25. The lowest BCUT2D eigenvalue weighted by atomic mass is 10.0. The van der Waals surface area contributed by atoms with E-state index in [0.29, 0.717) is 12.8 Å². The van der Waals surface area contributed by atoms with Crippen molar-refractivity contribution in [2.75, 3.05) is 19.8 Å². The van der Waals surface area contributed by atoms with Crippen molar-refractivity contribution in [1.82, 2.24) is 5.32 Å². The minimum absolute atomic E-state index is 0.0596. The van der Waals surface area contributed by atoms with Gasteiger partial charge in [-0.15, -0.1) is 0 Å². The van der Waals surface area contributed by atoms with E-state index in [1.54, 1.807) is 0 Å². The third-order valence-electron chi connectivity index (χ3n) is 11.2. The van der Waals surface area contributed by atoms with Gasteiger partial charge >= 0.3 is 7.82 Å². The van der Waals surface area contributed by atoms with E-state index in [1.807, 2.05) is 0 Å². The molecular weight excluding hydrogens is 735 g/mol. The van der Waals surface area contributed by atoms with Crippen LogP contribution in [0.15, 0.2) is 12.2 Å². The normalized spacial score (nSPS) is 14.6. The van der Waals surface area contributed by atoms with E-state index in [4.69, 9.17) is 14.8 Å². The number of nitrogens with one attached hydrogen (secondary N) is 1. The summed E-state index contributed by atoms with van der Waals surface area (Å²) in [6, 6.07) is -0.899. The number of unbranched alkanes of at least 4 members (excludes halogenated alkanes) is 30. The van der Waals surface area contributed by atoms with Gasteiger partial charge in [-0.2, -0.15) is 0 Å². The first-order chi connectivity index (χ1) is 27.8. The summed E-state index contributed by atoms with van der Waals surface area (Å²) in [6.45, 7) is 4.06. The number of rotatable bonds is 46. The summed E-state index contributed by atoms with van der Waals surface area (Å²) in [5.41, 5.74) is 5.38. The summed E-state index contributed by atoms with van der Waals surface area (Å²) in [7, 11) is -4.38. The lowest BCUT2D eigenvalue weighted by Crippen LogP contribution is -2.47. The minimum Gasteiger partial charge on any atom is -0.393 e. The van der Waals surface area contributed by atoms with Gasteiger partial charge in [-0.1, -0.05) is 212 Å². The topological polar surface area (TPSA) is 151 Å². The van der Waals surface area contributed by atoms with Gasteiger partial charge in [-0.05, 0) is 38.5 Å². The van der Waals surface area contributed by atoms with Crippen molar-refractivity contribution in [2.24, 2.45) is 5.73 Å². The molecule has 57 heavy (non-hydrogen) atoms. The maximum Gasteiger partial charge on any atom is 0.472 e. The van der Waals surface area contributed by atoms with Gasteiger partial charge in [0.1, 0.15) is 0 Å². The second-order valence-electron chi connectivity index (χ2n) is 16.9. The zero-order valence-electron chi connectivity index (χ0n) is 37.5. The van der Waals surface area contributed by atoms with Crippen molar-refractivity contribution in [3.05, 3.63) is 12.2 Å². The first-order valence-electron chi connectivity index (χ1n) is 24.4. The highest BCUT2D eigenvalue weighted by atomic mass is 31.2. The summed E-state index contributed by atoms with van der Waals surface area (Å²) >= 11 is 0. The molecule has 10 heteroatoms. The molecule has 0 saturated heterocycles. The number of hydrogen-bond donors (Lipinski definition) is 5. The number of aliphatic hydroxyl groups is 2. The van der Waals surface area contributed by atoms with E-state index in [2.05, 4.69) is 31.3 Å². The quantitative estimate of drug-likeness (QED) is 0.0231. The van der Waals surface area contributed by atoms with Gasteiger partial charge in [-0.25, -0.2) is 4.57 Å². The number of nitrogens with two attached hydrogens (primary N) is 1. The van der Waals surface area contributed by atoms with E-state index in [0.717, 1.165) is 51.4 Å². The Morgan fingerprint density at radius 2 is 0.947 bits per heavy atom. The van der Waals surface area contributed by atoms with Gasteiger partial charge in [0.05, 0.1) is 37.9 Å². The smallest absolute Gasteiger partial charge is 0.393 e. The van der Waals surface area contributed by atoms with E-state index in [-0.39, 0.29) is 26.2 Å². The largest absolute Gasteiger partial charge is 0.472 e. The van der Waals surface area contributed by atoms with E-state index < -0.39 is 32.0 Å². The Morgan fingerprint density at radius 3 is 1.37 bits per heavy atom. The van der Waals surface area contributed by atoms with Crippen LogP contribution in [-0.2, 0) is 18.4 Å². The predicted molar refractivity (Wildman–Crippen MR) is 241 cm³/mol. The molecule has 1 amide bonds. The summed E-state index contributed by atoms with van der Waals surface area (Å²) in [5.74, 6) is -0.419. The minimum atomic E-state index is -4.38. The molecule has 0 aliphatic rings. The van der Waals surface area contributed by atoms with Crippen molar-refractivity contribution >= 4 is 13.7 Å². The average molecular weight is 831 g/mol. The first kappa shape index (κ1) is 56.2. The maximum absolute atomic E-state index is 12.9. The van der Waals surface area contributed by atoms with Gasteiger partial charge in [-0.3, -0.25) is 13.8 Å². The zero-order valence-corrected chi connectivity index (χ0v) is 38.4. The number of allylic oxidation sites excluding steroid dienone is 2. The van der Waals surface area contributed by atoms with Crippen LogP contribution >= 0.6 is 7.82 Å². The second-order valence-corrected chi connectivity index (χ2v) is 18.3. The van der Waals surface area contributed by atoms with Crippen LogP contribution in [0, 0.1) is 0 Å². The SMILES string of the molecule is CCCCCCCCC/C=C\CCCCCC(O)CC(=O)NC(COP(=O)(O)OCCN)C(O)CCCCCCCCCCCCCCCCCCCCCCC. The fraction of sp³-hybridized carbons (Fsp3) is 0.936. The number of aliphatic hydroxyl groups excluding tert-OH is 2. The van der Waals surface area contributed by atoms with Crippen LogP contribution in [0.3, 0.4) is 0 Å². The van der Waals surface area contributed by atoms with E-state index >= 15 is 0 Å². The number of carbonyl (C=O) groups excluding carboxylic acids is 1. The fourth-order valence-corrected chi connectivity index (χ4v) is 8.23. The molecular formula is C47H95N2O7P. The summed E-state index contributed by atoms with van der Waals surface area (Å²) < 4.78 is 22.2. The molecule has 6 N–H and O–H groups in total. The molecule has 0 aromatic heterocycles. The summed E-state index contributed by atoms with van der Waals surface area (Å²) in [5, 5.41) is 24.2. The molecule has 0 aromatic carbocycles. The number of carbonyl (C=O) groups is 1. The Hall–Kier alpha value is -0.800. The van der Waals surface area contributed by atoms with Crippen molar-refractivity contribution in [3.63, 3.8) is 0 Å². The average Bonchev–Trinajstić information content (AvgIpc) is 3.19. The lowest BCUT2D eigenvalue weighted by molar-refractivity contribution is -0.125. The van der Waals surface area contributed by atoms with Crippen molar-refractivity contribution < 1.29 is 33.5 Å². The van der Waals surface area contributed by atoms with Crippen LogP contribution in [0.1, 0.15) is 245 Å². The number of phosphoric ester groups is 1. The standard InChI is InChI=1S/C47H95N2O7P/c1-3-5-7-9-11-13-15-17-19-20-21-22-23-24-25-27-29-31-33-35-37-39-46(51)45(43-56-57(53,54)55-41-40-48)49-47(52)42-44(50)38-36-34-32-30-28-26-18-16-14-12-10-8-6-4-2/h26,28,44-46,50-51H,3-25,27,29-43,48H2,1-2H3,(H,49,52)(H,53,54)/b28-26-. The number of phosphoric acid groups is 1. The van der Waals surface area contributed by atoms with Crippen LogP contribution in [0.2, 0.25) is 0 Å². The molecule has 0 bridgehead atoms. The zero-order chi connectivity index (χ0) is 41.9. The molecule has 0 rings (SSSR count). The van der Waals surface area contributed by atoms with Crippen LogP contribution in [0.25, 0.3) is 0 Å². The Morgan fingerprint density at radius 1 is 0.579 bits per heavy atom. The number of hydrogen-bond acceptors (Lipinski definition) is 7. The van der Waals surface area contributed by atoms with Gasteiger partial charge in [0, 0.05) is 6.54 Å². The monoisotopic (exact) mass is 831 g/mol. The summed E-state index contributed by atoms with van der Waals surface area (Å²) in [6.07, 6.45) is 45.5. The van der Waals surface area contributed by atoms with E-state index in [1.165, 1.54) is 161 Å². The molecule has 0 aromatic rings. The molecule has 340 valence electrons. The van der Waals surface area contributed by atoms with Crippen molar-refractivity contribution in [3.8, 4) is 0 Å². The summed E-state index contributed by atoms with van der Waals surface area (Å²) in [4.78, 5) is 22.8. The molecule has 4 atom stereocenters. The fourth-order valence-electron chi connectivity index (χ4n) is 7.47. The molecule has 0 radical (unpaired) electrons.